The molecule has 1 N–H and O–H groups in total. The number of likely N-dealkylation sites (tertiary alicyclic amines) is 1. The lowest BCUT2D eigenvalue weighted by atomic mass is 9.90. The molecule has 118 valence electrons. The Morgan fingerprint density at radius 2 is 1.95 bits per heavy atom. The van der Waals surface area contributed by atoms with Crippen molar-refractivity contribution in [3.8, 4) is 0 Å². The van der Waals surface area contributed by atoms with Crippen molar-refractivity contribution >= 4 is 11.9 Å². The number of aliphatic carboxylic acids is 1. The van der Waals surface area contributed by atoms with Crippen LogP contribution in [0.25, 0.3) is 0 Å². The lowest BCUT2D eigenvalue weighted by Gasteiger charge is -2.37. The maximum atomic E-state index is 12.8. The van der Waals surface area contributed by atoms with Crippen LogP contribution in [0.4, 0.5) is 0 Å². The van der Waals surface area contributed by atoms with Crippen LogP contribution in [-0.2, 0) is 9.59 Å². The fraction of sp³-hybridized carbons (Fsp3) is 0.556. The zero-order valence-electron chi connectivity index (χ0n) is 13.2. The van der Waals surface area contributed by atoms with Crippen LogP contribution in [0.1, 0.15) is 43.2 Å². The molecule has 1 aliphatic carbocycles. The fourth-order valence-electron chi connectivity index (χ4n) is 3.81. The molecule has 2 aliphatic rings. The summed E-state index contributed by atoms with van der Waals surface area (Å²) in [6.07, 6.45) is 2.35. The van der Waals surface area contributed by atoms with Crippen LogP contribution in [0, 0.1) is 18.8 Å². The van der Waals surface area contributed by atoms with E-state index in [9.17, 15) is 14.7 Å². The molecule has 1 saturated heterocycles. The molecule has 0 bridgehead atoms. The Morgan fingerprint density at radius 1 is 1.23 bits per heavy atom. The summed E-state index contributed by atoms with van der Waals surface area (Å²) in [5.74, 6) is -0.710. The Morgan fingerprint density at radius 3 is 2.64 bits per heavy atom. The highest BCUT2D eigenvalue weighted by atomic mass is 16.4. The normalized spacial score (nSPS) is 30.9. The minimum atomic E-state index is -0.781. The zero-order chi connectivity index (χ0) is 15.9. The van der Waals surface area contributed by atoms with E-state index in [-0.39, 0.29) is 17.9 Å². The third kappa shape index (κ3) is 2.62. The molecule has 3 rings (SSSR count). The number of nitrogens with zero attached hydrogens (tertiary/aromatic N) is 1. The molecule has 0 spiro atoms. The van der Waals surface area contributed by atoms with Gasteiger partial charge in [0, 0.05) is 18.5 Å². The number of carbonyl (C=O) groups is 2. The van der Waals surface area contributed by atoms with Crippen molar-refractivity contribution in [3.05, 3.63) is 35.4 Å². The smallest absolute Gasteiger partial charge is 0.308 e. The van der Waals surface area contributed by atoms with Crippen LogP contribution in [0.5, 0.6) is 0 Å². The van der Waals surface area contributed by atoms with Gasteiger partial charge in [-0.3, -0.25) is 9.59 Å². The fourth-order valence-corrected chi connectivity index (χ4v) is 3.81. The number of carboxylic acids is 1. The number of carboxylic acid groups (broad SMARTS) is 1. The Hall–Kier alpha value is -1.84. The summed E-state index contributed by atoms with van der Waals surface area (Å²) in [6, 6.07) is 8.03. The summed E-state index contributed by atoms with van der Waals surface area (Å²) in [7, 11) is 0. The van der Waals surface area contributed by atoms with E-state index in [1.807, 2.05) is 24.0 Å². The number of benzene rings is 1. The van der Waals surface area contributed by atoms with E-state index in [0.717, 1.165) is 12.8 Å². The molecule has 1 aromatic carbocycles. The minimum Gasteiger partial charge on any atom is -0.481 e. The molecule has 2 fully saturated rings. The van der Waals surface area contributed by atoms with Crippen molar-refractivity contribution in [2.75, 3.05) is 6.54 Å². The van der Waals surface area contributed by atoms with E-state index in [1.54, 1.807) is 0 Å². The monoisotopic (exact) mass is 301 g/mol. The first-order valence-corrected chi connectivity index (χ1v) is 8.09. The first-order valence-electron chi connectivity index (χ1n) is 8.09. The van der Waals surface area contributed by atoms with Gasteiger partial charge in [0.25, 0.3) is 0 Å². The summed E-state index contributed by atoms with van der Waals surface area (Å²) >= 11 is 0. The third-order valence-electron chi connectivity index (χ3n) is 5.28. The van der Waals surface area contributed by atoms with Gasteiger partial charge in [0.2, 0.25) is 5.91 Å². The molecule has 4 heteroatoms. The first-order chi connectivity index (χ1) is 10.5. The SMILES string of the molecule is Cc1ccccc1C1CC1C(=O)N1CCC[C@@H](C(=O)O)[C@H]1C. The van der Waals surface area contributed by atoms with Crippen LogP contribution < -0.4 is 0 Å². The highest BCUT2D eigenvalue weighted by molar-refractivity contribution is 5.84. The summed E-state index contributed by atoms with van der Waals surface area (Å²) in [5, 5.41) is 9.29. The second kappa shape index (κ2) is 5.75. The van der Waals surface area contributed by atoms with Gasteiger partial charge in [-0.05, 0) is 50.2 Å². The third-order valence-corrected chi connectivity index (χ3v) is 5.28. The van der Waals surface area contributed by atoms with Crippen LogP contribution in [0.15, 0.2) is 24.3 Å². The molecule has 1 amide bonds. The van der Waals surface area contributed by atoms with Crippen molar-refractivity contribution in [2.24, 2.45) is 11.8 Å². The van der Waals surface area contributed by atoms with Crippen LogP contribution >= 0.6 is 0 Å². The maximum absolute atomic E-state index is 12.8. The standard InChI is InChI=1S/C18H23NO3/c1-11-6-3-4-7-13(11)15-10-16(15)17(20)19-9-5-8-14(12(19)2)18(21)22/h3-4,6-7,12,14-16H,5,8-10H2,1-2H3,(H,21,22)/t12-,14-,15?,16?/m1/s1. The first kappa shape index (κ1) is 15.1. The van der Waals surface area contributed by atoms with Gasteiger partial charge in [0.1, 0.15) is 0 Å². The number of hydrogen-bond donors (Lipinski definition) is 1. The van der Waals surface area contributed by atoms with Crippen molar-refractivity contribution in [2.45, 2.75) is 45.1 Å². The van der Waals surface area contributed by atoms with E-state index < -0.39 is 11.9 Å². The number of amides is 1. The summed E-state index contributed by atoms with van der Waals surface area (Å²) in [4.78, 5) is 25.9. The number of carbonyl (C=O) groups excluding carboxylic acids is 1. The largest absolute Gasteiger partial charge is 0.481 e. The second-order valence-electron chi connectivity index (χ2n) is 6.66. The molecule has 0 radical (unpaired) electrons. The topological polar surface area (TPSA) is 57.6 Å². The number of rotatable bonds is 3. The van der Waals surface area contributed by atoms with Crippen LogP contribution in [0.3, 0.4) is 0 Å². The van der Waals surface area contributed by atoms with Crippen molar-refractivity contribution in [1.29, 1.82) is 0 Å². The van der Waals surface area contributed by atoms with Gasteiger partial charge in [0.15, 0.2) is 0 Å². The predicted octanol–water partition coefficient (Wildman–Crippen LogP) is 2.81. The van der Waals surface area contributed by atoms with Crippen molar-refractivity contribution < 1.29 is 14.7 Å². The highest BCUT2D eigenvalue weighted by Crippen LogP contribution is 2.50. The minimum absolute atomic E-state index is 0.0381. The Bertz CT molecular complexity index is 598. The lowest BCUT2D eigenvalue weighted by molar-refractivity contribution is -0.149. The number of hydrogen-bond acceptors (Lipinski definition) is 2. The quantitative estimate of drug-likeness (QED) is 0.934. The van der Waals surface area contributed by atoms with Gasteiger partial charge in [0.05, 0.1) is 5.92 Å². The van der Waals surface area contributed by atoms with Gasteiger partial charge in [-0.15, -0.1) is 0 Å². The molecular formula is C18H23NO3. The summed E-state index contributed by atoms with van der Waals surface area (Å²) in [5.41, 5.74) is 2.50. The molecular weight excluding hydrogens is 278 g/mol. The van der Waals surface area contributed by atoms with Gasteiger partial charge in [-0.2, -0.15) is 0 Å². The van der Waals surface area contributed by atoms with Gasteiger partial charge in [-0.25, -0.2) is 0 Å². The molecule has 4 atom stereocenters. The molecule has 4 nitrogen and oxygen atoms in total. The van der Waals surface area contributed by atoms with E-state index >= 15 is 0 Å². The van der Waals surface area contributed by atoms with Crippen molar-refractivity contribution in [1.82, 2.24) is 4.90 Å². The van der Waals surface area contributed by atoms with E-state index in [2.05, 4.69) is 19.1 Å². The van der Waals surface area contributed by atoms with E-state index in [1.165, 1.54) is 11.1 Å². The molecule has 2 unspecified atom stereocenters. The molecule has 1 aliphatic heterocycles. The van der Waals surface area contributed by atoms with E-state index in [4.69, 9.17) is 0 Å². The van der Waals surface area contributed by atoms with Crippen LogP contribution in [0.2, 0.25) is 0 Å². The molecule has 22 heavy (non-hydrogen) atoms. The van der Waals surface area contributed by atoms with Gasteiger partial charge in [-0.1, -0.05) is 24.3 Å². The maximum Gasteiger partial charge on any atom is 0.308 e. The molecule has 1 heterocycles. The average molecular weight is 301 g/mol. The highest BCUT2D eigenvalue weighted by Gasteiger charge is 2.48. The molecule has 1 saturated carbocycles. The Kier molecular flexibility index (Phi) is 3.94. The molecule has 0 aromatic heterocycles. The van der Waals surface area contributed by atoms with Gasteiger partial charge < -0.3 is 10.0 Å². The zero-order valence-corrected chi connectivity index (χ0v) is 13.2. The Labute approximate surface area is 131 Å². The molecule has 1 aromatic rings. The number of piperidine rings is 1. The number of aryl methyl sites for hydroxylation is 1. The average Bonchev–Trinajstić information content (AvgIpc) is 3.27. The predicted molar refractivity (Wildman–Crippen MR) is 83.6 cm³/mol. The second-order valence-corrected chi connectivity index (χ2v) is 6.66. The van der Waals surface area contributed by atoms with Gasteiger partial charge >= 0.3 is 5.97 Å². The van der Waals surface area contributed by atoms with E-state index in [0.29, 0.717) is 18.9 Å². The summed E-state index contributed by atoms with van der Waals surface area (Å²) in [6.45, 7) is 4.65. The Balaban J connectivity index is 1.71. The lowest BCUT2D eigenvalue weighted by Crippen LogP contribution is -2.49. The van der Waals surface area contributed by atoms with Crippen molar-refractivity contribution in [3.63, 3.8) is 0 Å². The summed E-state index contributed by atoms with van der Waals surface area (Å²) < 4.78 is 0. The van der Waals surface area contributed by atoms with Crippen LogP contribution in [-0.4, -0.2) is 34.5 Å².